The normalized spacial score (nSPS) is 15.8. The van der Waals surface area contributed by atoms with Crippen molar-refractivity contribution in [2.45, 2.75) is 39.7 Å². The maximum absolute atomic E-state index is 12.2. The highest BCUT2D eigenvalue weighted by atomic mass is 16.2. The molecule has 1 fully saturated rings. The van der Waals surface area contributed by atoms with Crippen LogP contribution in [0, 0.1) is 5.92 Å². The number of urea groups is 1. The number of nitrogens with zero attached hydrogens (tertiary/aromatic N) is 1. The average Bonchev–Trinajstić information content (AvgIpc) is 2.95. The molecule has 1 atom stereocenters. The molecule has 1 saturated heterocycles. The molecule has 0 unspecified atom stereocenters. The number of carbonyl (C=O) groups excluding carboxylic acids is 2. The minimum absolute atomic E-state index is 0.117. The molecular formula is C18H28N3O2+. The first-order chi connectivity index (χ1) is 11.0. The highest BCUT2D eigenvalue weighted by Gasteiger charge is 2.28. The number of hydrogen-bond acceptors (Lipinski definition) is 2. The highest BCUT2D eigenvalue weighted by Crippen LogP contribution is 2.18. The maximum atomic E-state index is 12.2. The second-order valence-corrected chi connectivity index (χ2v) is 6.48. The van der Waals surface area contributed by atoms with Gasteiger partial charge in [0.2, 0.25) is 0 Å². The summed E-state index contributed by atoms with van der Waals surface area (Å²) in [5.41, 5.74) is 2.59. The molecule has 23 heavy (non-hydrogen) atoms. The van der Waals surface area contributed by atoms with E-state index in [9.17, 15) is 9.59 Å². The lowest BCUT2D eigenvalue weighted by Crippen LogP contribution is -2.88. The number of amides is 3. The molecule has 0 aromatic heterocycles. The Balaban J connectivity index is 1.98. The fourth-order valence-corrected chi connectivity index (χ4v) is 3.04. The summed E-state index contributed by atoms with van der Waals surface area (Å²) in [7, 11) is 0. The Kier molecular flexibility index (Phi) is 6.16. The van der Waals surface area contributed by atoms with Gasteiger partial charge in [-0.1, -0.05) is 51.5 Å². The Bertz CT molecular complexity index is 540. The largest absolute Gasteiger partial charge is 0.336 e. The van der Waals surface area contributed by atoms with Gasteiger partial charge in [-0.15, -0.1) is 0 Å². The van der Waals surface area contributed by atoms with E-state index in [2.05, 4.69) is 50.4 Å². The van der Waals surface area contributed by atoms with Crippen molar-refractivity contribution in [3.05, 3.63) is 35.4 Å². The van der Waals surface area contributed by atoms with Gasteiger partial charge >= 0.3 is 6.03 Å². The summed E-state index contributed by atoms with van der Waals surface area (Å²) in [5, 5.41) is 4.71. The summed E-state index contributed by atoms with van der Waals surface area (Å²) >= 11 is 0. The first kappa shape index (κ1) is 17.5. The lowest BCUT2D eigenvalue weighted by Gasteiger charge is -2.21. The molecule has 0 radical (unpaired) electrons. The van der Waals surface area contributed by atoms with E-state index in [1.165, 1.54) is 16.0 Å². The molecule has 3 amide bonds. The molecule has 0 spiro atoms. The van der Waals surface area contributed by atoms with Crippen molar-refractivity contribution in [3.8, 4) is 0 Å². The van der Waals surface area contributed by atoms with E-state index >= 15 is 0 Å². The van der Waals surface area contributed by atoms with E-state index in [1.807, 2.05) is 5.32 Å². The van der Waals surface area contributed by atoms with E-state index in [1.54, 1.807) is 0 Å². The summed E-state index contributed by atoms with van der Waals surface area (Å²) in [6.07, 6.45) is 2.24. The molecule has 1 aromatic carbocycles. The molecule has 1 aliphatic rings. The van der Waals surface area contributed by atoms with Crippen molar-refractivity contribution in [2.24, 2.45) is 5.92 Å². The molecule has 5 nitrogen and oxygen atoms in total. The van der Waals surface area contributed by atoms with Crippen LogP contribution >= 0.6 is 0 Å². The van der Waals surface area contributed by atoms with E-state index in [0.29, 0.717) is 25.6 Å². The summed E-state index contributed by atoms with van der Waals surface area (Å²) in [6.45, 7) is 7.83. The number of quaternary nitrogens is 1. The molecular weight excluding hydrogens is 290 g/mol. The van der Waals surface area contributed by atoms with Crippen molar-refractivity contribution in [1.29, 1.82) is 0 Å². The van der Waals surface area contributed by atoms with Crippen LogP contribution in [-0.4, -0.2) is 36.5 Å². The predicted molar refractivity (Wildman–Crippen MR) is 89.9 cm³/mol. The van der Waals surface area contributed by atoms with Crippen LogP contribution in [0.5, 0.6) is 0 Å². The van der Waals surface area contributed by atoms with Crippen LogP contribution in [0.15, 0.2) is 24.3 Å². The molecule has 0 bridgehead atoms. The van der Waals surface area contributed by atoms with Crippen LogP contribution in [0.1, 0.15) is 44.4 Å². The van der Waals surface area contributed by atoms with Crippen LogP contribution in [0.3, 0.4) is 0 Å². The first-order valence-electron chi connectivity index (χ1n) is 8.53. The zero-order chi connectivity index (χ0) is 16.8. The third kappa shape index (κ3) is 4.55. The molecule has 3 N–H and O–H groups in total. The number of rotatable bonds is 7. The monoisotopic (exact) mass is 318 g/mol. The predicted octanol–water partition coefficient (Wildman–Crippen LogP) is 1.45. The third-order valence-corrected chi connectivity index (χ3v) is 4.33. The van der Waals surface area contributed by atoms with Gasteiger partial charge in [0, 0.05) is 24.6 Å². The Hall–Kier alpha value is -1.88. The van der Waals surface area contributed by atoms with Crippen molar-refractivity contribution < 1.29 is 14.9 Å². The third-order valence-electron chi connectivity index (χ3n) is 4.33. The fraction of sp³-hybridized carbons (Fsp3) is 0.556. The van der Waals surface area contributed by atoms with Crippen LogP contribution in [0.4, 0.5) is 4.79 Å². The Morgan fingerprint density at radius 1 is 1.30 bits per heavy atom. The minimum Gasteiger partial charge on any atom is -0.336 e. The molecule has 1 heterocycles. The van der Waals surface area contributed by atoms with Gasteiger partial charge in [-0.25, -0.2) is 4.79 Å². The minimum atomic E-state index is -0.270. The van der Waals surface area contributed by atoms with E-state index in [4.69, 9.17) is 0 Å². The van der Waals surface area contributed by atoms with Gasteiger partial charge in [-0.05, 0) is 12.0 Å². The zero-order valence-electron chi connectivity index (χ0n) is 14.3. The maximum Gasteiger partial charge on any atom is 0.324 e. The van der Waals surface area contributed by atoms with Gasteiger partial charge in [-0.3, -0.25) is 9.69 Å². The molecule has 1 aliphatic heterocycles. The van der Waals surface area contributed by atoms with Gasteiger partial charge in [0.1, 0.15) is 6.04 Å². The Morgan fingerprint density at radius 2 is 2.00 bits per heavy atom. The number of nitrogens with two attached hydrogens (primary N) is 1. The summed E-state index contributed by atoms with van der Waals surface area (Å²) in [6, 6.07) is 8.64. The Morgan fingerprint density at radius 3 is 2.52 bits per heavy atom. The van der Waals surface area contributed by atoms with Crippen molar-refractivity contribution in [3.63, 3.8) is 0 Å². The molecule has 0 saturated carbocycles. The van der Waals surface area contributed by atoms with Gasteiger partial charge in [-0.2, -0.15) is 0 Å². The van der Waals surface area contributed by atoms with Gasteiger partial charge < -0.3 is 10.6 Å². The zero-order valence-corrected chi connectivity index (χ0v) is 14.3. The number of carbonyl (C=O) groups is 2. The first-order valence-corrected chi connectivity index (χ1v) is 8.53. The van der Waals surface area contributed by atoms with E-state index in [0.717, 1.165) is 12.8 Å². The molecule has 126 valence electrons. The molecule has 2 rings (SSSR count). The van der Waals surface area contributed by atoms with Gasteiger partial charge in [0.25, 0.3) is 5.91 Å². The summed E-state index contributed by atoms with van der Waals surface area (Å²) < 4.78 is 0. The topological polar surface area (TPSA) is 66.0 Å². The van der Waals surface area contributed by atoms with Crippen LogP contribution in [0.2, 0.25) is 0 Å². The number of imide groups is 1. The number of hydrogen-bond donors (Lipinski definition) is 2. The van der Waals surface area contributed by atoms with Crippen LogP contribution in [0.25, 0.3) is 0 Å². The molecule has 0 aliphatic carbocycles. The Labute approximate surface area is 138 Å². The SMILES string of the molecule is CCCc1ccc([C@@H]([NH2+]CC(=O)N2CCNC2=O)C(C)C)cc1. The number of aryl methyl sites for hydroxylation is 1. The van der Waals surface area contributed by atoms with Gasteiger partial charge in [0.15, 0.2) is 6.54 Å². The van der Waals surface area contributed by atoms with Crippen LogP contribution < -0.4 is 10.6 Å². The second-order valence-electron chi connectivity index (χ2n) is 6.48. The quantitative estimate of drug-likeness (QED) is 0.799. The lowest BCUT2D eigenvalue weighted by molar-refractivity contribution is -0.692. The standard InChI is InChI=1S/C18H27N3O2/c1-4-5-14-6-8-15(9-7-14)17(13(2)3)20-12-16(22)21-11-10-19-18(21)23/h6-9,13,17,20H,4-5,10-12H2,1-3H3,(H,19,23)/p+1/t17-/m0/s1. The van der Waals surface area contributed by atoms with E-state index < -0.39 is 0 Å². The highest BCUT2D eigenvalue weighted by molar-refractivity contribution is 5.96. The summed E-state index contributed by atoms with van der Waals surface area (Å²) in [5.74, 6) is 0.292. The average molecular weight is 318 g/mol. The second kappa shape index (κ2) is 8.11. The summed E-state index contributed by atoms with van der Waals surface area (Å²) in [4.78, 5) is 25.0. The van der Waals surface area contributed by atoms with Crippen molar-refractivity contribution >= 4 is 11.9 Å². The van der Waals surface area contributed by atoms with Gasteiger partial charge in [0.05, 0.1) is 0 Å². The number of benzene rings is 1. The van der Waals surface area contributed by atoms with Crippen molar-refractivity contribution in [1.82, 2.24) is 10.2 Å². The number of nitrogens with one attached hydrogen (secondary N) is 1. The van der Waals surface area contributed by atoms with E-state index in [-0.39, 0.29) is 18.0 Å². The van der Waals surface area contributed by atoms with Crippen molar-refractivity contribution in [2.75, 3.05) is 19.6 Å². The molecule has 1 aromatic rings. The smallest absolute Gasteiger partial charge is 0.324 e. The fourth-order valence-electron chi connectivity index (χ4n) is 3.04. The van der Waals surface area contributed by atoms with Crippen LogP contribution in [-0.2, 0) is 11.2 Å². The molecule has 5 heteroatoms. The lowest BCUT2D eigenvalue weighted by atomic mass is 9.94.